The highest BCUT2D eigenvalue weighted by Gasteiger charge is 2.24. The smallest absolute Gasteiger partial charge is 0.272 e. The van der Waals surface area contributed by atoms with Gasteiger partial charge in [0.2, 0.25) is 0 Å². The van der Waals surface area contributed by atoms with Crippen molar-refractivity contribution in [1.29, 1.82) is 0 Å². The molecule has 0 saturated heterocycles. The molecule has 4 nitrogen and oxygen atoms in total. The van der Waals surface area contributed by atoms with Crippen LogP contribution in [0, 0.1) is 6.92 Å². The molecule has 0 radical (unpaired) electrons. The van der Waals surface area contributed by atoms with Crippen LogP contribution in [0.3, 0.4) is 0 Å². The number of carbonyl (C=O) groups excluding carboxylic acids is 2. The van der Waals surface area contributed by atoms with Crippen molar-refractivity contribution < 1.29 is 9.59 Å². The molecule has 1 N–H and O–H groups in total. The van der Waals surface area contributed by atoms with Crippen LogP contribution in [0.1, 0.15) is 30.5 Å². The van der Waals surface area contributed by atoms with Gasteiger partial charge >= 0.3 is 0 Å². The first-order valence-corrected chi connectivity index (χ1v) is 6.52. The number of carbonyl (C=O) groups is 2. The molecular formula is C15H18N2O2. The summed E-state index contributed by atoms with van der Waals surface area (Å²) in [6, 6.07) is 4.17. The van der Waals surface area contributed by atoms with E-state index in [4.69, 9.17) is 0 Å². The fraction of sp³-hybridized carbons (Fsp3) is 0.333. The van der Waals surface area contributed by atoms with Gasteiger partial charge in [-0.3, -0.25) is 15.0 Å². The molecule has 0 fully saturated rings. The summed E-state index contributed by atoms with van der Waals surface area (Å²) in [5.41, 5.74) is 7.28. The summed E-state index contributed by atoms with van der Waals surface area (Å²) in [7, 11) is 0. The number of hydrogen-bond acceptors (Lipinski definition) is 3. The SMILES string of the molecule is CCc1cc(C)cc(CC)c1NN1C(=O)C=CC1=O. The molecule has 0 atom stereocenters. The molecule has 1 aliphatic heterocycles. The topological polar surface area (TPSA) is 49.4 Å². The minimum atomic E-state index is -0.324. The third-order valence-corrected chi connectivity index (χ3v) is 3.24. The number of nitrogens with zero attached hydrogens (tertiary/aromatic N) is 1. The van der Waals surface area contributed by atoms with E-state index >= 15 is 0 Å². The van der Waals surface area contributed by atoms with Crippen molar-refractivity contribution in [3.63, 3.8) is 0 Å². The van der Waals surface area contributed by atoms with Crippen LogP contribution in [0.15, 0.2) is 24.3 Å². The van der Waals surface area contributed by atoms with Crippen LogP contribution in [0.5, 0.6) is 0 Å². The standard InChI is InChI=1S/C15H18N2O2/c1-4-11-8-10(3)9-12(5-2)15(11)16-17-13(18)6-7-14(17)19/h6-9,16H,4-5H2,1-3H3. The van der Waals surface area contributed by atoms with Crippen LogP contribution in [0.4, 0.5) is 5.69 Å². The Morgan fingerprint density at radius 1 is 1.00 bits per heavy atom. The third-order valence-electron chi connectivity index (χ3n) is 3.24. The minimum absolute atomic E-state index is 0.324. The molecule has 0 aromatic heterocycles. The van der Waals surface area contributed by atoms with Crippen molar-refractivity contribution in [1.82, 2.24) is 5.01 Å². The van der Waals surface area contributed by atoms with Crippen LogP contribution in [-0.2, 0) is 22.4 Å². The summed E-state index contributed by atoms with van der Waals surface area (Å²) >= 11 is 0. The van der Waals surface area contributed by atoms with Crippen molar-refractivity contribution in [2.75, 3.05) is 5.43 Å². The number of nitrogens with one attached hydrogen (secondary N) is 1. The molecule has 100 valence electrons. The van der Waals surface area contributed by atoms with Crippen molar-refractivity contribution >= 4 is 17.5 Å². The van der Waals surface area contributed by atoms with Gasteiger partial charge < -0.3 is 0 Å². The molecule has 0 saturated carbocycles. The maximum absolute atomic E-state index is 11.6. The zero-order chi connectivity index (χ0) is 14.0. The predicted molar refractivity (Wildman–Crippen MR) is 74.6 cm³/mol. The summed E-state index contributed by atoms with van der Waals surface area (Å²) in [6.45, 7) is 6.17. The van der Waals surface area contributed by atoms with Gasteiger partial charge in [-0.25, -0.2) is 0 Å². The number of rotatable bonds is 4. The van der Waals surface area contributed by atoms with Gasteiger partial charge in [-0.2, -0.15) is 5.01 Å². The van der Waals surface area contributed by atoms with Gasteiger partial charge in [0.1, 0.15) is 0 Å². The monoisotopic (exact) mass is 258 g/mol. The number of hydrazine groups is 1. The van der Waals surface area contributed by atoms with Crippen molar-refractivity contribution in [3.05, 3.63) is 41.0 Å². The van der Waals surface area contributed by atoms with E-state index in [1.165, 1.54) is 17.7 Å². The second-order valence-electron chi connectivity index (χ2n) is 4.62. The van der Waals surface area contributed by atoms with E-state index in [1.807, 2.05) is 0 Å². The molecule has 0 aliphatic carbocycles. The van der Waals surface area contributed by atoms with Gasteiger partial charge in [0.05, 0.1) is 5.69 Å². The van der Waals surface area contributed by atoms with Crippen molar-refractivity contribution in [3.8, 4) is 0 Å². The second kappa shape index (κ2) is 5.26. The predicted octanol–water partition coefficient (Wildman–Crippen LogP) is 2.37. The third kappa shape index (κ3) is 2.52. The number of imide groups is 1. The van der Waals surface area contributed by atoms with Crippen LogP contribution in [-0.4, -0.2) is 16.8 Å². The molecule has 1 aromatic carbocycles. The van der Waals surface area contributed by atoms with Crippen LogP contribution < -0.4 is 5.43 Å². The normalized spacial score (nSPS) is 14.4. The average molecular weight is 258 g/mol. The number of anilines is 1. The lowest BCUT2D eigenvalue weighted by Gasteiger charge is -2.22. The summed E-state index contributed by atoms with van der Waals surface area (Å²) in [6.07, 6.45) is 4.25. The van der Waals surface area contributed by atoms with Gasteiger partial charge in [0, 0.05) is 12.2 Å². The Bertz CT molecular complexity index is 518. The molecule has 19 heavy (non-hydrogen) atoms. The highest BCUT2D eigenvalue weighted by molar-refractivity contribution is 6.13. The van der Waals surface area contributed by atoms with Crippen molar-refractivity contribution in [2.45, 2.75) is 33.6 Å². The van der Waals surface area contributed by atoms with Crippen LogP contribution >= 0.6 is 0 Å². The summed E-state index contributed by atoms with van der Waals surface area (Å²) in [4.78, 5) is 23.2. The second-order valence-corrected chi connectivity index (χ2v) is 4.62. The highest BCUT2D eigenvalue weighted by atomic mass is 16.2. The molecule has 2 rings (SSSR count). The molecule has 4 heteroatoms. The van der Waals surface area contributed by atoms with E-state index in [0.717, 1.165) is 34.7 Å². The lowest BCUT2D eigenvalue weighted by atomic mass is 10.00. The Kier molecular flexibility index (Phi) is 3.69. The van der Waals surface area contributed by atoms with E-state index in [1.54, 1.807) is 0 Å². The number of aryl methyl sites for hydroxylation is 3. The minimum Gasteiger partial charge on any atom is -0.288 e. The number of amides is 2. The maximum atomic E-state index is 11.6. The summed E-state index contributed by atoms with van der Waals surface area (Å²) in [5, 5.41) is 1.06. The average Bonchev–Trinajstić information content (AvgIpc) is 2.71. The number of benzene rings is 1. The van der Waals surface area contributed by atoms with Gasteiger partial charge in [0.25, 0.3) is 11.8 Å². The Morgan fingerprint density at radius 2 is 1.47 bits per heavy atom. The molecule has 2 amide bonds. The van der Waals surface area contributed by atoms with Crippen LogP contribution in [0.2, 0.25) is 0 Å². The maximum Gasteiger partial charge on any atom is 0.272 e. The van der Waals surface area contributed by atoms with Crippen molar-refractivity contribution in [2.24, 2.45) is 0 Å². The molecule has 0 bridgehead atoms. The Morgan fingerprint density at radius 3 is 1.89 bits per heavy atom. The molecule has 1 aromatic rings. The molecule has 0 spiro atoms. The summed E-state index contributed by atoms with van der Waals surface area (Å²) < 4.78 is 0. The zero-order valence-electron chi connectivity index (χ0n) is 11.5. The van der Waals surface area contributed by atoms with E-state index in [0.29, 0.717) is 0 Å². The lowest BCUT2D eigenvalue weighted by Crippen LogP contribution is -2.36. The molecule has 1 aliphatic rings. The fourth-order valence-corrected chi connectivity index (χ4v) is 2.27. The number of hydrogen-bond donors (Lipinski definition) is 1. The van der Waals surface area contributed by atoms with E-state index in [9.17, 15) is 9.59 Å². The Balaban J connectivity index is 2.38. The Labute approximate surface area is 113 Å². The van der Waals surface area contributed by atoms with E-state index < -0.39 is 0 Å². The first-order valence-electron chi connectivity index (χ1n) is 6.52. The fourth-order valence-electron chi connectivity index (χ4n) is 2.27. The Hall–Kier alpha value is -2.10. The lowest BCUT2D eigenvalue weighted by molar-refractivity contribution is -0.135. The molecule has 0 unspecified atom stereocenters. The van der Waals surface area contributed by atoms with Gasteiger partial charge in [0.15, 0.2) is 0 Å². The summed E-state index contributed by atoms with van der Waals surface area (Å²) in [5.74, 6) is -0.649. The zero-order valence-corrected chi connectivity index (χ0v) is 11.5. The largest absolute Gasteiger partial charge is 0.288 e. The van der Waals surface area contributed by atoms with E-state index in [-0.39, 0.29) is 11.8 Å². The van der Waals surface area contributed by atoms with Gasteiger partial charge in [-0.15, -0.1) is 0 Å². The van der Waals surface area contributed by atoms with Crippen LogP contribution in [0.25, 0.3) is 0 Å². The first kappa shape index (κ1) is 13.3. The van der Waals surface area contributed by atoms with E-state index in [2.05, 4.69) is 38.3 Å². The van der Waals surface area contributed by atoms with Gasteiger partial charge in [-0.05, 0) is 30.9 Å². The van der Waals surface area contributed by atoms with Gasteiger partial charge in [-0.1, -0.05) is 31.5 Å². The molecular weight excluding hydrogens is 240 g/mol. The first-order chi connectivity index (χ1) is 9.06. The highest BCUT2D eigenvalue weighted by Crippen LogP contribution is 2.26. The quantitative estimate of drug-likeness (QED) is 0.843. The molecule has 1 heterocycles.